The maximum absolute atomic E-state index is 7.00. The molecule has 0 unspecified atom stereocenters. The van der Waals surface area contributed by atoms with Gasteiger partial charge in [-0.25, -0.2) is 15.0 Å². The molecule has 0 saturated heterocycles. The summed E-state index contributed by atoms with van der Waals surface area (Å²) in [5.74, 6) is 3.29. The third kappa shape index (κ3) is 5.31. The van der Waals surface area contributed by atoms with Crippen LogP contribution in [0.5, 0.6) is 11.5 Å². The molecule has 9 aromatic rings. The molecule has 2 aliphatic rings. The minimum absolute atomic E-state index is 0.547. The van der Waals surface area contributed by atoms with Crippen LogP contribution in [0.4, 0.5) is 0 Å². The number of ether oxygens (including phenoxy) is 1. The molecule has 1 spiro atoms. The van der Waals surface area contributed by atoms with Crippen LogP contribution in [0, 0.1) is 13.8 Å². The Morgan fingerprint density at radius 1 is 0.379 bits per heavy atom. The molecule has 58 heavy (non-hydrogen) atoms. The first-order valence-corrected chi connectivity index (χ1v) is 19.6. The summed E-state index contributed by atoms with van der Waals surface area (Å²) in [5, 5.41) is 0. The molecule has 2 aromatic heterocycles. The number of aromatic nitrogens is 4. The van der Waals surface area contributed by atoms with Crippen molar-refractivity contribution in [2.24, 2.45) is 0 Å². The van der Waals surface area contributed by atoms with Crippen LogP contribution < -0.4 is 4.74 Å². The Balaban J connectivity index is 1.08. The van der Waals surface area contributed by atoms with Crippen molar-refractivity contribution < 1.29 is 4.74 Å². The van der Waals surface area contributed by atoms with Crippen LogP contribution >= 0.6 is 0 Å². The standard InChI is InChI=1S/C53H36N4O/c1-33-30-34(2)54-47(31-33)36-28-26-35(27-29-36)38-16-12-17-39(32-38)51-55-50(37-14-4-3-5-15-37)56-52(57-51)42-20-13-24-46-49(42)58-48-25-11-10-23-45(48)53(46)43-21-8-6-18-40(43)41-19-7-9-22-44(41)53/h3-32H,1-2H3. The fourth-order valence-corrected chi connectivity index (χ4v) is 9.06. The van der Waals surface area contributed by atoms with Crippen molar-refractivity contribution in [1.82, 2.24) is 19.9 Å². The van der Waals surface area contributed by atoms with Gasteiger partial charge in [-0.05, 0) is 83.1 Å². The Kier molecular flexibility index (Phi) is 7.76. The topological polar surface area (TPSA) is 60.8 Å². The van der Waals surface area contributed by atoms with Crippen LogP contribution in [-0.4, -0.2) is 19.9 Å². The zero-order valence-electron chi connectivity index (χ0n) is 32.0. The molecule has 0 amide bonds. The Hall–Kier alpha value is -7.50. The first kappa shape index (κ1) is 33.8. The average Bonchev–Trinajstić information content (AvgIpc) is 3.57. The van der Waals surface area contributed by atoms with Gasteiger partial charge in [0.1, 0.15) is 11.5 Å². The zero-order chi connectivity index (χ0) is 38.8. The summed E-state index contributed by atoms with van der Waals surface area (Å²) in [7, 11) is 0. The van der Waals surface area contributed by atoms with E-state index in [0.717, 1.165) is 67.4 Å². The molecule has 0 N–H and O–H groups in total. The first-order chi connectivity index (χ1) is 28.5. The summed E-state index contributed by atoms with van der Waals surface area (Å²) in [4.78, 5) is 20.3. The molecule has 7 aromatic carbocycles. The number of hydrogen-bond acceptors (Lipinski definition) is 5. The van der Waals surface area contributed by atoms with E-state index < -0.39 is 5.41 Å². The molecule has 0 bridgehead atoms. The van der Waals surface area contributed by atoms with Gasteiger partial charge in [-0.2, -0.15) is 0 Å². The molecule has 1 aliphatic heterocycles. The lowest BCUT2D eigenvalue weighted by Gasteiger charge is -2.39. The minimum atomic E-state index is -0.594. The largest absolute Gasteiger partial charge is 0.456 e. The van der Waals surface area contributed by atoms with Crippen LogP contribution in [0.1, 0.15) is 33.5 Å². The highest BCUT2D eigenvalue weighted by atomic mass is 16.5. The predicted molar refractivity (Wildman–Crippen MR) is 232 cm³/mol. The summed E-state index contributed by atoms with van der Waals surface area (Å²) in [6.07, 6.45) is 0. The van der Waals surface area contributed by atoms with E-state index in [1.807, 2.05) is 43.3 Å². The third-order valence-electron chi connectivity index (χ3n) is 11.5. The Morgan fingerprint density at radius 2 is 0.931 bits per heavy atom. The monoisotopic (exact) mass is 744 g/mol. The quantitative estimate of drug-likeness (QED) is 0.176. The SMILES string of the molecule is Cc1cc(C)nc(-c2ccc(-c3cccc(-c4nc(-c5ccccc5)nc(-c5cccc6c5Oc5ccccc5C65c6ccccc6-c6ccccc65)n4)c3)cc2)c1. The fourth-order valence-electron chi connectivity index (χ4n) is 9.06. The fraction of sp³-hybridized carbons (Fsp3) is 0.0566. The van der Waals surface area contributed by atoms with Gasteiger partial charge in [0.25, 0.3) is 0 Å². The van der Waals surface area contributed by atoms with E-state index in [4.69, 9.17) is 24.7 Å². The van der Waals surface area contributed by atoms with Crippen molar-refractivity contribution in [3.8, 4) is 79.2 Å². The van der Waals surface area contributed by atoms with E-state index in [1.165, 1.54) is 27.8 Å². The smallest absolute Gasteiger partial charge is 0.167 e. The predicted octanol–water partition coefficient (Wildman–Crippen LogP) is 12.7. The van der Waals surface area contributed by atoms with E-state index >= 15 is 0 Å². The molecule has 0 radical (unpaired) electrons. The molecule has 5 nitrogen and oxygen atoms in total. The van der Waals surface area contributed by atoms with Crippen LogP contribution in [0.2, 0.25) is 0 Å². The van der Waals surface area contributed by atoms with Crippen molar-refractivity contribution in [2.45, 2.75) is 19.3 Å². The van der Waals surface area contributed by atoms with E-state index in [-0.39, 0.29) is 0 Å². The van der Waals surface area contributed by atoms with E-state index in [9.17, 15) is 0 Å². The lowest BCUT2D eigenvalue weighted by molar-refractivity contribution is 0.437. The van der Waals surface area contributed by atoms with Gasteiger partial charge < -0.3 is 4.74 Å². The molecule has 274 valence electrons. The van der Waals surface area contributed by atoms with Crippen molar-refractivity contribution >= 4 is 0 Å². The van der Waals surface area contributed by atoms with Gasteiger partial charge in [-0.1, -0.05) is 152 Å². The highest BCUT2D eigenvalue weighted by Gasteiger charge is 2.51. The second kappa shape index (κ2) is 13.3. The van der Waals surface area contributed by atoms with Crippen LogP contribution in [0.3, 0.4) is 0 Å². The lowest BCUT2D eigenvalue weighted by Crippen LogP contribution is -2.32. The van der Waals surface area contributed by atoms with Gasteiger partial charge >= 0.3 is 0 Å². The van der Waals surface area contributed by atoms with Crippen molar-refractivity contribution in [3.05, 3.63) is 216 Å². The molecule has 0 atom stereocenters. The number of para-hydroxylation sites is 2. The van der Waals surface area contributed by atoms with Crippen LogP contribution in [0.15, 0.2) is 182 Å². The van der Waals surface area contributed by atoms with Gasteiger partial charge in [0, 0.05) is 33.5 Å². The average molecular weight is 745 g/mol. The van der Waals surface area contributed by atoms with Crippen LogP contribution in [0.25, 0.3) is 67.7 Å². The number of nitrogens with zero attached hydrogens (tertiary/aromatic N) is 4. The number of rotatable bonds is 5. The zero-order valence-corrected chi connectivity index (χ0v) is 32.0. The molecular formula is C53H36N4O. The molecule has 5 heteroatoms. The van der Waals surface area contributed by atoms with Crippen LogP contribution in [-0.2, 0) is 5.41 Å². The molecular weight excluding hydrogens is 709 g/mol. The first-order valence-electron chi connectivity index (χ1n) is 19.6. The van der Waals surface area contributed by atoms with Gasteiger partial charge in [0.05, 0.1) is 16.7 Å². The van der Waals surface area contributed by atoms with Gasteiger partial charge in [0.15, 0.2) is 17.5 Å². The highest BCUT2D eigenvalue weighted by molar-refractivity contribution is 5.90. The summed E-state index contributed by atoms with van der Waals surface area (Å²) >= 11 is 0. The number of aryl methyl sites for hydroxylation is 2. The minimum Gasteiger partial charge on any atom is -0.456 e. The summed E-state index contributed by atoms with van der Waals surface area (Å²) < 4.78 is 7.00. The number of hydrogen-bond donors (Lipinski definition) is 0. The molecule has 1 aliphatic carbocycles. The molecule has 11 rings (SSSR count). The van der Waals surface area contributed by atoms with E-state index in [0.29, 0.717) is 17.5 Å². The third-order valence-corrected chi connectivity index (χ3v) is 11.5. The van der Waals surface area contributed by atoms with Crippen molar-refractivity contribution in [3.63, 3.8) is 0 Å². The lowest BCUT2D eigenvalue weighted by atomic mass is 9.66. The Labute approximate surface area is 337 Å². The molecule has 0 saturated carbocycles. The normalized spacial score (nSPS) is 12.9. The number of pyridine rings is 1. The Bertz CT molecular complexity index is 3000. The van der Waals surface area contributed by atoms with Gasteiger partial charge in [0.2, 0.25) is 0 Å². The maximum Gasteiger partial charge on any atom is 0.167 e. The highest BCUT2D eigenvalue weighted by Crippen LogP contribution is 2.63. The summed E-state index contributed by atoms with van der Waals surface area (Å²) in [6.45, 7) is 4.14. The van der Waals surface area contributed by atoms with E-state index in [1.54, 1.807) is 0 Å². The van der Waals surface area contributed by atoms with E-state index in [2.05, 4.69) is 153 Å². The molecule has 3 heterocycles. The van der Waals surface area contributed by atoms with Crippen molar-refractivity contribution in [1.29, 1.82) is 0 Å². The number of benzene rings is 7. The summed E-state index contributed by atoms with van der Waals surface area (Å²) in [5.41, 5.74) is 15.6. The van der Waals surface area contributed by atoms with Gasteiger partial charge in [-0.3, -0.25) is 4.98 Å². The van der Waals surface area contributed by atoms with Crippen molar-refractivity contribution in [2.75, 3.05) is 0 Å². The Morgan fingerprint density at radius 3 is 1.67 bits per heavy atom. The molecule has 0 fully saturated rings. The second-order valence-corrected chi connectivity index (χ2v) is 15.1. The number of fused-ring (bicyclic) bond motifs is 9. The second-order valence-electron chi connectivity index (χ2n) is 15.1. The summed E-state index contributed by atoms with van der Waals surface area (Å²) in [6, 6.07) is 63.7. The van der Waals surface area contributed by atoms with Gasteiger partial charge in [-0.15, -0.1) is 0 Å². The maximum atomic E-state index is 7.00.